The SMILES string of the molecule is CS(=O)(=O)c1cccc(C(=O)N2[C@@H](C(=O)N[C@@H](c3cc(F)c(OC(F)(F)F)cc3F)C3CC3)CC3C[C@H]32)c1. The maximum absolute atomic E-state index is 14.8. The summed E-state index contributed by atoms with van der Waals surface area (Å²) in [5.41, 5.74) is -0.208. The van der Waals surface area contributed by atoms with E-state index in [-0.39, 0.29) is 33.9 Å². The Labute approximate surface area is 214 Å². The first-order chi connectivity index (χ1) is 17.7. The van der Waals surface area contributed by atoms with Gasteiger partial charge in [0.25, 0.3) is 5.91 Å². The summed E-state index contributed by atoms with van der Waals surface area (Å²) in [4.78, 5) is 28.1. The highest BCUT2D eigenvalue weighted by Gasteiger charge is 2.56. The first-order valence-corrected chi connectivity index (χ1v) is 13.8. The molecule has 1 heterocycles. The van der Waals surface area contributed by atoms with Gasteiger partial charge in [-0.2, -0.15) is 0 Å². The van der Waals surface area contributed by atoms with E-state index >= 15 is 0 Å². The lowest BCUT2D eigenvalue weighted by Gasteiger charge is -2.29. The molecule has 2 aromatic rings. The van der Waals surface area contributed by atoms with Crippen molar-refractivity contribution in [1.29, 1.82) is 0 Å². The van der Waals surface area contributed by atoms with Crippen molar-refractivity contribution < 1.29 is 44.7 Å². The molecule has 0 spiro atoms. The van der Waals surface area contributed by atoms with Gasteiger partial charge in [-0.25, -0.2) is 17.2 Å². The molecule has 0 bridgehead atoms. The van der Waals surface area contributed by atoms with Crippen LogP contribution in [0.3, 0.4) is 0 Å². The number of likely N-dealkylation sites (tertiary alicyclic amines) is 1. The van der Waals surface area contributed by atoms with E-state index in [1.54, 1.807) is 0 Å². The summed E-state index contributed by atoms with van der Waals surface area (Å²) in [5, 5.41) is 2.69. The molecule has 0 radical (unpaired) electrons. The van der Waals surface area contributed by atoms with Crippen LogP contribution >= 0.6 is 0 Å². The second kappa shape index (κ2) is 9.21. The summed E-state index contributed by atoms with van der Waals surface area (Å²) >= 11 is 0. The standard InChI is InChI=1S/C25H23F5N2O5S/c1-38(35,36)15-4-2-3-13(7-15)24(34)32-19-8-14(19)9-20(32)23(33)31-22(12-5-6-12)16-10-18(27)21(11-17(16)26)37-25(28,29)30/h2-4,7,10-12,14,19-20,22H,5-6,8-9H2,1H3,(H,31,33)/t14?,19-,20-,22-/m1/s1. The number of rotatable bonds is 7. The number of nitrogens with zero attached hydrogens (tertiary/aromatic N) is 1. The highest BCUT2D eigenvalue weighted by molar-refractivity contribution is 7.90. The molecule has 13 heteroatoms. The summed E-state index contributed by atoms with van der Waals surface area (Å²) in [6.45, 7) is 0. The van der Waals surface area contributed by atoms with E-state index in [0.717, 1.165) is 6.26 Å². The van der Waals surface area contributed by atoms with Gasteiger partial charge in [-0.15, -0.1) is 13.2 Å². The number of alkyl halides is 3. The molecule has 3 aliphatic rings. The van der Waals surface area contributed by atoms with Gasteiger partial charge in [0.1, 0.15) is 11.9 Å². The minimum Gasteiger partial charge on any atom is -0.403 e. The summed E-state index contributed by atoms with van der Waals surface area (Å²) < 4.78 is 94.1. The van der Waals surface area contributed by atoms with Crippen LogP contribution < -0.4 is 10.1 Å². The molecule has 2 aromatic carbocycles. The van der Waals surface area contributed by atoms with Crippen molar-refractivity contribution in [2.45, 2.75) is 55.1 Å². The Hall–Kier alpha value is -3.22. The molecule has 7 nitrogen and oxygen atoms in total. The Morgan fingerprint density at radius 2 is 1.79 bits per heavy atom. The van der Waals surface area contributed by atoms with Crippen LogP contribution in [0.15, 0.2) is 41.3 Å². The zero-order valence-electron chi connectivity index (χ0n) is 20.0. The smallest absolute Gasteiger partial charge is 0.403 e. The number of hydrogen-bond acceptors (Lipinski definition) is 5. The van der Waals surface area contributed by atoms with Gasteiger partial charge in [-0.3, -0.25) is 9.59 Å². The van der Waals surface area contributed by atoms with Crippen molar-refractivity contribution >= 4 is 21.7 Å². The molecule has 5 rings (SSSR count). The van der Waals surface area contributed by atoms with Crippen LogP contribution in [0.1, 0.15) is 47.6 Å². The number of sulfone groups is 1. The Balaban J connectivity index is 1.38. The molecule has 1 saturated heterocycles. The average molecular weight is 559 g/mol. The molecule has 0 aromatic heterocycles. The number of fused-ring (bicyclic) bond motifs is 1. The number of amides is 2. The summed E-state index contributed by atoms with van der Waals surface area (Å²) in [6.07, 6.45) is -1.98. The topological polar surface area (TPSA) is 92.8 Å². The number of piperidine rings is 1. The number of carbonyl (C=O) groups is 2. The first kappa shape index (κ1) is 26.4. The van der Waals surface area contributed by atoms with E-state index in [1.165, 1.54) is 29.2 Å². The number of ether oxygens (including phenoxy) is 1. The van der Waals surface area contributed by atoms with E-state index in [4.69, 9.17) is 0 Å². The maximum atomic E-state index is 14.8. The quantitative estimate of drug-likeness (QED) is 0.516. The van der Waals surface area contributed by atoms with E-state index in [1.807, 2.05) is 0 Å². The Kier molecular flexibility index (Phi) is 6.40. The van der Waals surface area contributed by atoms with Crippen LogP contribution in [-0.2, 0) is 14.6 Å². The maximum Gasteiger partial charge on any atom is 0.573 e. The van der Waals surface area contributed by atoms with Gasteiger partial charge >= 0.3 is 6.36 Å². The fraction of sp³-hybridized carbons (Fsp3) is 0.440. The van der Waals surface area contributed by atoms with Gasteiger partial charge in [0.05, 0.1) is 10.9 Å². The van der Waals surface area contributed by atoms with Crippen molar-refractivity contribution in [1.82, 2.24) is 10.2 Å². The fourth-order valence-electron chi connectivity index (χ4n) is 5.11. The molecular formula is C25H23F5N2O5S. The van der Waals surface area contributed by atoms with Crippen molar-refractivity contribution in [3.05, 3.63) is 59.2 Å². The normalized spacial score (nSPS) is 23.5. The predicted octanol–water partition coefficient (Wildman–Crippen LogP) is 4.14. The first-order valence-electron chi connectivity index (χ1n) is 11.9. The highest BCUT2D eigenvalue weighted by atomic mass is 32.2. The third-order valence-corrected chi connectivity index (χ3v) is 8.26. The summed E-state index contributed by atoms with van der Waals surface area (Å²) in [5.74, 6) is -5.20. The van der Waals surface area contributed by atoms with Gasteiger partial charge in [-0.1, -0.05) is 6.07 Å². The minimum atomic E-state index is -5.21. The van der Waals surface area contributed by atoms with E-state index in [9.17, 15) is 40.0 Å². The van der Waals surface area contributed by atoms with Gasteiger partial charge in [0.2, 0.25) is 5.91 Å². The van der Waals surface area contributed by atoms with Crippen LogP contribution in [0, 0.1) is 23.5 Å². The lowest BCUT2D eigenvalue weighted by molar-refractivity contribution is -0.275. The predicted molar refractivity (Wildman–Crippen MR) is 123 cm³/mol. The second-order valence-electron chi connectivity index (χ2n) is 10.0. The Morgan fingerprint density at radius 1 is 1.08 bits per heavy atom. The van der Waals surface area contributed by atoms with Crippen LogP contribution in [0.5, 0.6) is 5.75 Å². The van der Waals surface area contributed by atoms with Crippen molar-refractivity contribution in [2.24, 2.45) is 11.8 Å². The molecule has 1 aliphatic heterocycles. The lowest BCUT2D eigenvalue weighted by atomic mass is 10.00. The summed E-state index contributed by atoms with van der Waals surface area (Å²) in [6, 6.07) is 4.25. The summed E-state index contributed by atoms with van der Waals surface area (Å²) in [7, 11) is -3.57. The monoisotopic (exact) mass is 558 g/mol. The van der Waals surface area contributed by atoms with Crippen LogP contribution in [0.2, 0.25) is 0 Å². The molecule has 3 fully saturated rings. The zero-order valence-corrected chi connectivity index (χ0v) is 20.8. The van der Waals surface area contributed by atoms with Gasteiger partial charge < -0.3 is 15.0 Å². The van der Waals surface area contributed by atoms with E-state index in [2.05, 4.69) is 10.1 Å². The largest absolute Gasteiger partial charge is 0.573 e. The van der Waals surface area contributed by atoms with Crippen molar-refractivity contribution in [3.8, 4) is 5.75 Å². The van der Waals surface area contributed by atoms with Crippen molar-refractivity contribution in [3.63, 3.8) is 0 Å². The van der Waals surface area contributed by atoms with Crippen LogP contribution in [0.25, 0.3) is 0 Å². The molecule has 1 unspecified atom stereocenters. The second-order valence-corrected chi connectivity index (χ2v) is 12.0. The molecule has 2 aliphatic carbocycles. The molecule has 1 N–H and O–H groups in total. The van der Waals surface area contributed by atoms with Crippen LogP contribution in [0.4, 0.5) is 22.0 Å². The number of benzene rings is 2. The van der Waals surface area contributed by atoms with Gasteiger partial charge in [0.15, 0.2) is 21.4 Å². The van der Waals surface area contributed by atoms with Gasteiger partial charge in [-0.05, 0) is 61.8 Å². The molecule has 2 amide bonds. The van der Waals surface area contributed by atoms with Gasteiger partial charge in [0, 0.05) is 29.5 Å². The number of carbonyl (C=O) groups excluding carboxylic acids is 2. The van der Waals surface area contributed by atoms with E-state index in [0.29, 0.717) is 37.8 Å². The van der Waals surface area contributed by atoms with Crippen molar-refractivity contribution in [2.75, 3.05) is 6.26 Å². The lowest BCUT2D eigenvalue weighted by Crippen LogP contribution is -2.49. The molecule has 38 heavy (non-hydrogen) atoms. The molecular weight excluding hydrogens is 535 g/mol. The van der Waals surface area contributed by atoms with E-state index < -0.39 is 57.5 Å². The number of hydrogen-bond donors (Lipinski definition) is 1. The Morgan fingerprint density at radius 3 is 2.42 bits per heavy atom. The molecule has 204 valence electrons. The third-order valence-electron chi connectivity index (χ3n) is 7.15. The Bertz CT molecular complexity index is 1410. The average Bonchev–Trinajstić information content (AvgIpc) is 3.76. The highest BCUT2D eigenvalue weighted by Crippen LogP contribution is 2.49. The minimum absolute atomic E-state index is 0.0415. The third kappa shape index (κ3) is 5.33. The molecule has 4 atom stereocenters. The fourth-order valence-corrected chi connectivity index (χ4v) is 5.77. The zero-order chi connectivity index (χ0) is 27.6. The molecule has 2 saturated carbocycles. The number of nitrogens with one attached hydrogen (secondary N) is 1. The van der Waals surface area contributed by atoms with Crippen LogP contribution in [-0.4, -0.2) is 49.8 Å². The number of halogens is 5.